The quantitative estimate of drug-likeness (QED) is 0.689. The Labute approximate surface area is 96.4 Å². The van der Waals surface area contributed by atoms with Gasteiger partial charge in [-0.25, -0.2) is 0 Å². The van der Waals surface area contributed by atoms with Crippen molar-refractivity contribution in [1.82, 2.24) is 4.90 Å². The Balaban J connectivity index is 2.06. The molecular formula is C13H16ClN. The summed E-state index contributed by atoms with van der Waals surface area (Å²) in [7, 11) is 0. The van der Waals surface area contributed by atoms with Crippen molar-refractivity contribution in [2.45, 2.75) is 19.3 Å². The maximum absolute atomic E-state index is 6.28. The first-order valence-electron chi connectivity index (χ1n) is 5.53. The molecule has 0 atom stereocenters. The lowest BCUT2D eigenvalue weighted by atomic mass is 10.1. The van der Waals surface area contributed by atoms with Gasteiger partial charge < -0.3 is 4.90 Å². The van der Waals surface area contributed by atoms with Crippen molar-refractivity contribution in [3.05, 3.63) is 41.1 Å². The fraction of sp³-hybridized carbons (Fsp3) is 0.385. The summed E-state index contributed by atoms with van der Waals surface area (Å²) in [6.07, 6.45) is 5.91. The molecule has 1 aromatic rings. The lowest BCUT2D eigenvalue weighted by Gasteiger charge is -2.27. The minimum atomic E-state index is 0.876. The maximum Gasteiger partial charge on any atom is 0.105 e. The molecule has 1 heterocycles. The Bertz CT molecular complexity index is 326. The smallest absolute Gasteiger partial charge is 0.105 e. The van der Waals surface area contributed by atoms with Crippen molar-refractivity contribution in [2.75, 3.05) is 13.1 Å². The van der Waals surface area contributed by atoms with Crippen LogP contribution in [0.5, 0.6) is 0 Å². The van der Waals surface area contributed by atoms with Crippen LogP contribution in [-0.4, -0.2) is 18.0 Å². The number of hydrogen-bond donors (Lipinski definition) is 0. The van der Waals surface area contributed by atoms with E-state index in [9.17, 15) is 0 Å². The van der Waals surface area contributed by atoms with Crippen LogP contribution in [-0.2, 0) is 0 Å². The van der Waals surface area contributed by atoms with Crippen molar-refractivity contribution >= 4 is 17.7 Å². The highest BCUT2D eigenvalue weighted by Gasteiger charge is 2.11. The van der Waals surface area contributed by atoms with E-state index in [4.69, 9.17) is 11.6 Å². The first-order valence-corrected chi connectivity index (χ1v) is 5.91. The second kappa shape index (κ2) is 5.22. The normalized spacial score (nSPS) is 17.9. The van der Waals surface area contributed by atoms with E-state index in [0.717, 1.165) is 18.2 Å². The van der Waals surface area contributed by atoms with Gasteiger partial charge in [0, 0.05) is 13.1 Å². The monoisotopic (exact) mass is 221 g/mol. The van der Waals surface area contributed by atoms with Crippen LogP contribution in [0.1, 0.15) is 24.8 Å². The Morgan fingerprint density at radius 1 is 1.07 bits per heavy atom. The summed E-state index contributed by atoms with van der Waals surface area (Å²) in [5, 5.41) is 0.876. The molecule has 0 unspecified atom stereocenters. The van der Waals surface area contributed by atoms with E-state index in [0.29, 0.717) is 0 Å². The molecule has 1 aliphatic rings. The SMILES string of the molecule is Cl/C(=C\c1ccccc1)N1CCCCC1. The van der Waals surface area contributed by atoms with Gasteiger partial charge in [0.15, 0.2) is 0 Å². The molecule has 0 amide bonds. The van der Waals surface area contributed by atoms with E-state index in [-0.39, 0.29) is 0 Å². The molecule has 0 aromatic heterocycles. The largest absolute Gasteiger partial charge is 0.362 e. The molecule has 0 bridgehead atoms. The number of halogens is 1. The van der Waals surface area contributed by atoms with Crippen LogP contribution >= 0.6 is 11.6 Å². The predicted molar refractivity (Wildman–Crippen MR) is 65.7 cm³/mol. The highest BCUT2D eigenvalue weighted by molar-refractivity contribution is 6.31. The summed E-state index contributed by atoms with van der Waals surface area (Å²) in [5.74, 6) is 0. The Kier molecular flexibility index (Phi) is 3.68. The third-order valence-corrected chi connectivity index (χ3v) is 3.09. The van der Waals surface area contributed by atoms with Crippen molar-refractivity contribution < 1.29 is 0 Å². The lowest BCUT2D eigenvalue weighted by molar-refractivity contribution is 0.303. The minimum absolute atomic E-state index is 0.876. The van der Waals surface area contributed by atoms with E-state index < -0.39 is 0 Å². The molecule has 2 heteroatoms. The third kappa shape index (κ3) is 3.00. The fourth-order valence-electron chi connectivity index (χ4n) is 1.89. The Hall–Kier alpha value is -0.950. The van der Waals surface area contributed by atoms with Gasteiger partial charge in [-0.05, 0) is 30.9 Å². The highest BCUT2D eigenvalue weighted by atomic mass is 35.5. The van der Waals surface area contributed by atoms with E-state index >= 15 is 0 Å². The molecule has 1 saturated heterocycles. The molecule has 1 aromatic carbocycles. The molecule has 1 nitrogen and oxygen atoms in total. The second-order valence-electron chi connectivity index (χ2n) is 3.93. The summed E-state index contributed by atoms with van der Waals surface area (Å²) in [6, 6.07) is 10.2. The van der Waals surface area contributed by atoms with Crippen molar-refractivity contribution in [3.8, 4) is 0 Å². The molecule has 0 radical (unpaired) electrons. The first kappa shape index (κ1) is 10.6. The number of piperidine rings is 1. The Morgan fingerprint density at radius 3 is 2.40 bits per heavy atom. The lowest BCUT2D eigenvalue weighted by Crippen LogP contribution is -2.26. The molecule has 1 aliphatic heterocycles. The summed E-state index contributed by atoms with van der Waals surface area (Å²) >= 11 is 6.28. The average Bonchev–Trinajstić information content (AvgIpc) is 2.31. The molecule has 0 spiro atoms. The van der Waals surface area contributed by atoms with Crippen LogP contribution in [0.4, 0.5) is 0 Å². The molecule has 2 rings (SSSR count). The van der Waals surface area contributed by atoms with E-state index in [1.54, 1.807) is 0 Å². The molecule has 0 saturated carbocycles. The molecular weight excluding hydrogens is 206 g/mol. The molecule has 0 aliphatic carbocycles. The second-order valence-corrected chi connectivity index (χ2v) is 4.31. The fourth-order valence-corrected chi connectivity index (χ4v) is 2.18. The number of nitrogens with zero attached hydrogens (tertiary/aromatic N) is 1. The maximum atomic E-state index is 6.28. The number of rotatable bonds is 2. The van der Waals surface area contributed by atoms with Crippen molar-refractivity contribution in [2.24, 2.45) is 0 Å². The standard InChI is InChI=1S/C13H16ClN/c14-13(15-9-5-2-6-10-15)11-12-7-3-1-4-8-12/h1,3-4,7-8,11H,2,5-6,9-10H2/b13-11+. The van der Waals surface area contributed by atoms with Gasteiger partial charge >= 0.3 is 0 Å². The van der Waals surface area contributed by atoms with E-state index in [2.05, 4.69) is 17.0 Å². The average molecular weight is 222 g/mol. The summed E-state index contributed by atoms with van der Waals surface area (Å²) < 4.78 is 0. The van der Waals surface area contributed by atoms with Crippen LogP contribution in [0.25, 0.3) is 6.08 Å². The zero-order chi connectivity index (χ0) is 10.5. The topological polar surface area (TPSA) is 3.24 Å². The number of hydrogen-bond acceptors (Lipinski definition) is 1. The predicted octanol–water partition coefficient (Wildman–Crippen LogP) is 3.71. The summed E-state index contributed by atoms with van der Waals surface area (Å²) in [6.45, 7) is 2.20. The molecule has 15 heavy (non-hydrogen) atoms. The third-order valence-electron chi connectivity index (χ3n) is 2.74. The summed E-state index contributed by atoms with van der Waals surface area (Å²) in [5.41, 5.74) is 1.17. The van der Waals surface area contributed by atoms with Crippen LogP contribution in [0.3, 0.4) is 0 Å². The van der Waals surface area contributed by atoms with Gasteiger partial charge in [-0.2, -0.15) is 0 Å². The highest BCUT2D eigenvalue weighted by Crippen LogP contribution is 2.19. The number of benzene rings is 1. The van der Waals surface area contributed by atoms with E-state index in [1.165, 1.54) is 24.8 Å². The molecule has 1 fully saturated rings. The zero-order valence-corrected chi connectivity index (χ0v) is 9.58. The number of likely N-dealkylation sites (tertiary alicyclic amines) is 1. The molecule has 0 N–H and O–H groups in total. The first-order chi connectivity index (χ1) is 7.36. The van der Waals surface area contributed by atoms with Gasteiger partial charge in [0.25, 0.3) is 0 Å². The van der Waals surface area contributed by atoms with Gasteiger partial charge in [0.1, 0.15) is 5.16 Å². The van der Waals surface area contributed by atoms with Crippen molar-refractivity contribution in [3.63, 3.8) is 0 Å². The van der Waals surface area contributed by atoms with Crippen LogP contribution < -0.4 is 0 Å². The Morgan fingerprint density at radius 2 is 1.73 bits per heavy atom. The van der Waals surface area contributed by atoms with Crippen LogP contribution in [0.2, 0.25) is 0 Å². The van der Waals surface area contributed by atoms with Gasteiger partial charge in [0.05, 0.1) is 0 Å². The van der Waals surface area contributed by atoms with Crippen LogP contribution in [0, 0.1) is 0 Å². The minimum Gasteiger partial charge on any atom is -0.362 e. The van der Waals surface area contributed by atoms with Crippen LogP contribution in [0.15, 0.2) is 35.5 Å². The summed E-state index contributed by atoms with van der Waals surface area (Å²) in [4.78, 5) is 2.26. The van der Waals surface area contributed by atoms with Gasteiger partial charge in [-0.3, -0.25) is 0 Å². The van der Waals surface area contributed by atoms with E-state index in [1.807, 2.05) is 24.3 Å². The van der Waals surface area contributed by atoms with Gasteiger partial charge in [0.2, 0.25) is 0 Å². The molecule has 80 valence electrons. The zero-order valence-electron chi connectivity index (χ0n) is 8.82. The van der Waals surface area contributed by atoms with Crippen molar-refractivity contribution in [1.29, 1.82) is 0 Å². The van der Waals surface area contributed by atoms with Gasteiger partial charge in [-0.15, -0.1) is 0 Å². The van der Waals surface area contributed by atoms with Gasteiger partial charge in [-0.1, -0.05) is 41.9 Å².